The minimum Gasteiger partial charge on any atom is -0.481 e. The average Bonchev–Trinajstić information content (AvgIpc) is 2.75. The van der Waals surface area contributed by atoms with E-state index in [0.29, 0.717) is 12.6 Å². The molecule has 0 aliphatic carbocycles. The smallest absolute Gasteiger partial charge is 0.304 e. The molecule has 0 saturated carbocycles. The van der Waals surface area contributed by atoms with Crippen LogP contribution in [0.25, 0.3) is 0 Å². The van der Waals surface area contributed by atoms with Crippen LogP contribution in [0.5, 0.6) is 0 Å². The second-order valence-electron chi connectivity index (χ2n) is 4.39. The Labute approximate surface area is 110 Å². The Balaban J connectivity index is 2.03. The summed E-state index contributed by atoms with van der Waals surface area (Å²) in [5.74, 6) is -0.716. The maximum absolute atomic E-state index is 10.6. The predicted molar refractivity (Wildman–Crippen MR) is 69.9 cm³/mol. The Hall–Kier alpha value is -0.870. The fourth-order valence-corrected chi connectivity index (χ4v) is 2.66. The van der Waals surface area contributed by atoms with E-state index in [1.54, 1.807) is 0 Å². The Morgan fingerprint density at radius 1 is 1.41 bits per heavy atom. The number of benzene rings is 1. The van der Waals surface area contributed by atoms with Crippen molar-refractivity contribution in [1.82, 2.24) is 4.90 Å². The Morgan fingerprint density at radius 2 is 2.12 bits per heavy atom. The van der Waals surface area contributed by atoms with E-state index < -0.39 is 5.97 Å². The molecule has 1 aromatic carbocycles. The van der Waals surface area contributed by atoms with Crippen LogP contribution in [-0.2, 0) is 4.79 Å². The van der Waals surface area contributed by atoms with Crippen LogP contribution in [0.1, 0.15) is 30.9 Å². The highest BCUT2D eigenvalue weighted by Crippen LogP contribution is 2.32. The molecule has 92 valence electrons. The van der Waals surface area contributed by atoms with Gasteiger partial charge in [0.1, 0.15) is 0 Å². The summed E-state index contributed by atoms with van der Waals surface area (Å²) in [6, 6.07) is 8.72. The van der Waals surface area contributed by atoms with Crippen molar-refractivity contribution in [3.8, 4) is 0 Å². The number of hydrogen-bond donors (Lipinski definition) is 1. The molecule has 1 aromatic rings. The fourth-order valence-electron chi connectivity index (χ4n) is 2.40. The molecule has 0 radical (unpaired) electrons. The lowest BCUT2D eigenvalue weighted by molar-refractivity contribution is -0.137. The number of carbonyl (C=O) groups is 1. The van der Waals surface area contributed by atoms with E-state index >= 15 is 0 Å². The molecule has 3 nitrogen and oxygen atoms in total. The molecule has 0 spiro atoms. The van der Waals surface area contributed by atoms with Gasteiger partial charge in [-0.2, -0.15) is 0 Å². The Morgan fingerprint density at radius 3 is 2.76 bits per heavy atom. The Bertz CT molecular complexity index is 391. The molecule has 1 aliphatic rings. The minimum atomic E-state index is -0.716. The molecule has 1 heterocycles. The molecular formula is C13H16BrNO2. The number of hydrogen-bond acceptors (Lipinski definition) is 2. The van der Waals surface area contributed by atoms with Crippen LogP contribution in [-0.4, -0.2) is 29.1 Å². The van der Waals surface area contributed by atoms with Crippen molar-refractivity contribution in [2.24, 2.45) is 0 Å². The van der Waals surface area contributed by atoms with E-state index in [-0.39, 0.29) is 6.42 Å². The van der Waals surface area contributed by atoms with Gasteiger partial charge < -0.3 is 5.11 Å². The van der Waals surface area contributed by atoms with Crippen LogP contribution in [0.4, 0.5) is 0 Å². The van der Waals surface area contributed by atoms with Crippen LogP contribution in [0, 0.1) is 0 Å². The molecule has 1 atom stereocenters. The second kappa shape index (κ2) is 5.65. The summed E-state index contributed by atoms with van der Waals surface area (Å²) in [5.41, 5.74) is 1.29. The van der Waals surface area contributed by atoms with E-state index in [9.17, 15) is 4.79 Å². The largest absolute Gasteiger partial charge is 0.481 e. The second-order valence-corrected chi connectivity index (χ2v) is 5.30. The normalized spacial score (nSPS) is 20.6. The Kier molecular flexibility index (Phi) is 4.18. The molecule has 0 amide bonds. The van der Waals surface area contributed by atoms with Crippen molar-refractivity contribution in [1.29, 1.82) is 0 Å². The molecule has 2 rings (SSSR count). The summed E-state index contributed by atoms with van der Waals surface area (Å²) in [6.07, 6.45) is 2.51. The predicted octanol–water partition coefficient (Wildman–Crippen LogP) is 3.06. The van der Waals surface area contributed by atoms with Gasteiger partial charge in [0, 0.05) is 17.1 Å². The molecule has 0 unspecified atom stereocenters. The van der Waals surface area contributed by atoms with Crippen molar-refractivity contribution in [2.75, 3.05) is 13.1 Å². The topological polar surface area (TPSA) is 40.5 Å². The average molecular weight is 298 g/mol. The highest BCUT2D eigenvalue weighted by Gasteiger charge is 2.25. The number of halogens is 1. The van der Waals surface area contributed by atoms with Crippen LogP contribution in [0.2, 0.25) is 0 Å². The quantitative estimate of drug-likeness (QED) is 0.928. The lowest BCUT2D eigenvalue weighted by Gasteiger charge is -2.24. The first-order valence-electron chi connectivity index (χ1n) is 5.88. The summed E-state index contributed by atoms with van der Waals surface area (Å²) in [7, 11) is 0. The van der Waals surface area contributed by atoms with E-state index in [1.807, 2.05) is 12.1 Å². The van der Waals surface area contributed by atoms with Crippen LogP contribution < -0.4 is 0 Å². The standard InChI is InChI=1S/C13H16BrNO2/c14-11-5-3-10(4-6-11)12-2-1-8-15(12)9-7-13(16)17/h3-6,12H,1-2,7-9H2,(H,16,17)/t12-/m1/s1. The third kappa shape index (κ3) is 3.30. The molecule has 0 bridgehead atoms. The van der Waals surface area contributed by atoms with E-state index in [0.717, 1.165) is 23.9 Å². The van der Waals surface area contributed by atoms with Gasteiger partial charge in [-0.15, -0.1) is 0 Å². The van der Waals surface area contributed by atoms with Gasteiger partial charge in [0.05, 0.1) is 6.42 Å². The number of aliphatic carboxylic acids is 1. The number of rotatable bonds is 4. The zero-order valence-electron chi connectivity index (χ0n) is 9.60. The van der Waals surface area contributed by atoms with Gasteiger partial charge in [0.25, 0.3) is 0 Å². The number of carboxylic acid groups (broad SMARTS) is 1. The van der Waals surface area contributed by atoms with Crippen molar-refractivity contribution in [3.05, 3.63) is 34.3 Å². The summed E-state index contributed by atoms with van der Waals surface area (Å²) in [4.78, 5) is 12.9. The zero-order chi connectivity index (χ0) is 12.3. The van der Waals surface area contributed by atoms with E-state index in [4.69, 9.17) is 5.11 Å². The van der Waals surface area contributed by atoms with Crippen molar-refractivity contribution in [3.63, 3.8) is 0 Å². The summed E-state index contributed by atoms with van der Waals surface area (Å²) < 4.78 is 1.08. The first-order valence-corrected chi connectivity index (χ1v) is 6.67. The molecule has 1 saturated heterocycles. The molecule has 17 heavy (non-hydrogen) atoms. The zero-order valence-corrected chi connectivity index (χ0v) is 11.2. The van der Waals surface area contributed by atoms with Gasteiger partial charge >= 0.3 is 5.97 Å². The van der Waals surface area contributed by atoms with Crippen LogP contribution in [0.3, 0.4) is 0 Å². The summed E-state index contributed by atoms with van der Waals surface area (Å²) in [6.45, 7) is 1.66. The maximum atomic E-state index is 10.6. The highest BCUT2D eigenvalue weighted by molar-refractivity contribution is 9.10. The number of nitrogens with zero attached hydrogens (tertiary/aromatic N) is 1. The number of carboxylic acids is 1. The third-order valence-corrected chi connectivity index (χ3v) is 3.76. The van der Waals surface area contributed by atoms with Gasteiger partial charge in [-0.1, -0.05) is 28.1 Å². The molecular weight excluding hydrogens is 282 g/mol. The van der Waals surface area contributed by atoms with E-state index in [2.05, 4.69) is 33.0 Å². The van der Waals surface area contributed by atoms with Crippen molar-refractivity contribution in [2.45, 2.75) is 25.3 Å². The highest BCUT2D eigenvalue weighted by atomic mass is 79.9. The maximum Gasteiger partial charge on any atom is 0.304 e. The van der Waals surface area contributed by atoms with Gasteiger partial charge in [0.15, 0.2) is 0 Å². The lowest BCUT2D eigenvalue weighted by atomic mass is 10.0. The van der Waals surface area contributed by atoms with Gasteiger partial charge in [0.2, 0.25) is 0 Å². The molecule has 4 heteroatoms. The third-order valence-electron chi connectivity index (χ3n) is 3.23. The van der Waals surface area contributed by atoms with Crippen molar-refractivity contribution < 1.29 is 9.90 Å². The van der Waals surface area contributed by atoms with Crippen LogP contribution >= 0.6 is 15.9 Å². The van der Waals surface area contributed by atoms with Crippen molar-refractivity contribution >= 4 is 21.9 Å². The first kappa shape index (κ1) is 12.6. The van der Waals surface area contributed by atoms with Crippen LogP contribution in [0.15, 0.2) is 28.7 Å². The summed E-state index contributed by atoms with van der Waals surface area (Å²) >= 11 is 3.43. The van der Waals surface area contributed by atoms with Gasteiger partial charge in [-0.3, -0.25) is 9.69 Å². The first-order chi connectivity index (χ1) is 8.16. The molecule has 0 aromatic heterocycles. The monoisotopic (exact) mass is 297 g/mol. The molecule has 1 fully saturated rings. The fraction of sp³-hybridized carbons (Fsp3) is 0.462. The van der Waals surface area contributed by atoms with Gasteiger partial charge in [-0.25, -0.2) is 0 Å². The summed E-state index contributed by atoms with van der Waals surface area (Å²) in [5, 5.41) is 8.73. The minimum absolute atomic E-state index is 0.229. The lowest BCUT2D eigenvalue weighted by Crippen LogP contribution is -2.26. The van der Waals surface area contributed by atoms with E-state index in [1.165, 1.54) is 5.56 Å². The number of likely N-dealkylation sites (tertiary alicyclic amines) is 1. The molecule has 1 N–H and O–H groups in total. The SMILES string of the molecule is O=C(O)CCN1CCC[C@@H]1c1ccc(Br)cc1. The van der Waals surface area contributed by atoms with Gasteiger partial charge in [-0.05, 0) is 37.1 Å². The molecule has 1 aliphatic heterocycles.